The average Bonchev–Trinajstić information content (AvgIpc) is 2.27. The second kappa shape index (κ2) is 4.22. The Morgan fingerprint density at radius 2 is 2.06 bits per heavy atom. The molecule has 0 unspecified atom stereocenters. The number of carbonyl (C=O) groups excluding carboxylic acids is 2. The zero-order chi connectivity index (χ0) is 11.7. The molecule has 0 aromatic carbocycles. The van der Waals surface area contributed by atoms with E-state index in [-0.39, 0.29) is 11.6 Å². The highest BCUT2D eigenvalue weighted by Crippen LogP contribution is 2.30. The minimum absolute atomic E-state index is 0.0105. The van der Waals surface area contributed by atoms with Crippen LogP contribution in [0.2, 0.25) is 0 Å². The molecule has 16 heavy (non-hydrogen) atoms. The fourth-order valence-corrected chi connectivity index (χ4v) is 2.46. The Morgan fingerprint density at radius 3 is 2.69 bits per heavy atom. The van der Waals surface area contributed by atoms with Crippen LogP contribution in [0, 0.1) is 0 Å². The van der Waals surface area contributed by atoms with Crippen molar-refractivity contribution in [1.82, 2.24) is 4.98 Å². The molecule has 0 spiro atoms. The largest absolute Gasteiger partial charge is 0.295 e. The molecular weight excluding hydrogens is 222 g/mol. The fraction of sp³-hybridized carbons (Fsp3) is 0.250. The van der Waals surface area contributed by atoms with Crippen molar-refractivity contribution >= 4 is 29.4 Å². The quantitative estimate of drug-likeness (QED) is 0.736. The maximum atomic E-state index is 11.3. The SMILES string of the molecule is CC(=O)C1=Cc2cc(C(C)=O)cnc2SC1. The van der Waals surface area contributed by atoms with Gasteiger partial charge in [0.15, 0.2) is 11.6 Å². The zero-order valence-electron chi connectivity index (χ0n) is 9.11. The molecule has 82 valence electrons. The van der Waals surface area contributed by atoms with Gasteiger partial charge < -0.3 is 0 Å². The zero-order valence-corrected chi connectivity index (χ0v) is 9.93. The van der Waals surface area contributed by atoms with Crippen LogP contribution in [0.15, 0.2) is 22.9 Å². The van der Waals surface area contributed by atoms with Gasteiger partial charge in [-0.1, -0.05) is 0 Å². The molecule has 0 amide bonds. The topological polar surface area (TPSA) is 47.0 Å². The fourth-order valence-electron chi connectivity index (χ4n) is 1.46. The summed E-state index contributed by atoms with van der Waals surface area (Å²) in [5, 5.41) is 0.884. The highest BCUT2D eigenvalue weighted by molar-refractivity contribution is 7.99. The summed E-state index contributed by atoms with van der Waals surface area (Å²) in [7, 11) is 0. The van der Waals surface area contributed by atoms with E-state index in [9.17, 15) is 9.59 Å². The summed E-state index contributed by atoms with van der Waals surface area (Å²) in [5.74, 6) is 0.726. The van der Waals surface area contributed by atoms with Crippen molar-refractivity contribution in [2.45, 2.75) is 18.9 Å². The molecule has 0 atom stereocenters. The standard InChI is InChI=1S/C12H11NO2S/c1-7(14)10-3-9-4-11(8(2)15)6-16-12(9)13-5-10/h3-5H,6H2,1-2H3. The number of pyridine rings is 1. The third kappa shape index (κ3) is 2.07. The number of carbonyl (C=O) groups is 2. The second-order valence-electron chi connectivity index (χ2n) is 3.69. The lowest BCUT2D eigenvalue weighted by molar-refractivity contribution is -0.113. The van der Waals surface area contributed by atoms with Crippen molar-refractivity contribution < 1.29 is 9.59 Å². The van der Waals surface area contributed by atoms with Gasteiger partial charge in [0.1, 0.15) is 5.03 Å². The van der Waals surface area contributed by atoms with Gasteiger partial charge in [-0.3, -0.25) is 9.59 Å². The molecule has 1 aromatic rings. The molecule has 0 fully saturated rings. The van der Waals surface area contributed by atoms with E-state index in [4.69, 9.17) is 0 Å². The van der Waals surface area contributed by atoms with Crippen LogP contribution in [-0.2, 0) is 4.79 Å². The molecule has 0 saturated heterocycles. The van der Waals surface area contributed by atoms with Gasteiger partial charge in [0.25, 0.3) is 0 Å². The molecule has 1 aliphatic rings. The Balaban J connectivity index is 2.47. The summed E-state index contributed by atoms with van der Waals surface area (Å²) in [6.07, 6.45) is 3.41. The van der Waals surface area contributed by atoms with Crippen molar-refractivity contribution in [3.63, 3.8) is 0 Å². The maximum Gasteiger partial charge on any atom is 0.161 e. The molecule has 0 radical (unpaired) electrons. The number of thioether (sulfide) groups is 1. The average molecular weight is 233 g/mol. The minimum Gasteiger partial charge on any atom is -0.295 e. The molecule has 0 aliphatic carbocycles. The Hall–Kier alpha value is -1.42. The van der Waals surface area contributed by atoms with Gasteiger partial charge in [0.2, 0.25) is 0 Å². The first-order valence-corrected chi connectivity index (χ1v) is 5.92. The number of hydrogen-bond donors (Lipinski definition) is 0. The van der Waals surface area contributed by atoms with Gasteiger partial charge in [0.05, 0.1) is 0 Å². The third-order valence-electron chi connectivity index (χ3n) is 2.43. The lowest BCUT2D eigenvalue weighted by Crippen LogP contribution is -2.06. The molecule has 1 aliphatic heterocycles. The van der Waals surface area contributed by atoms with Crippen LogP contribution in [0.4, 0.5) is 0 Å². The van der Waals surface area contributed by atoms with Crippen LogP contribution in [-0.4, -0.2) is 22.3 Å². The molecule has 2 rings (SSSR count). The van der Waals surface area contributed by atoms with Crippen LogP contribution >= 0.6 is 11.8 Å². The van der Waals surface area contributed by atoms with Gasteiger partial charge in [-0.25, -0.2) is 4.98 Å². The third-order valence-corrected chi connectivity index (χ3v) is 3.50. The number of hydrogen-bond acceptors (Lipinski definition) is 4. The van der Waals surface area contributed by atoms with Gasteiger partial charge in [0, 0.05) is 28.6 Å². The molecule has 1 aromatic heterocycles. The highest BCUT2D eigenvalue weighted by atomic mass is 32.2. The summed E-state index contributed by atoms with van der Waals surface area (Å²) in [4.78, 5) is 26.7. The molecule has 0 saturated carbocycles. The van der Waals surface area contributed by atoms with E-state index in [2.05, 4.69) is 4.98 Å². The van der Waals surface area contributed by atoms with E-state index >= 15 is 0 Å². The normalized spacial score (nSPS) is 14.0. The van der Waals surface area contributed by atoms with Crippen LogP contribution in [0.25, 0.3) is 6.08 Å². The summed E-state index contributed by atoms with van der Waals surface area (Å²) in [5.41, 5.74) is 2.23. The van der Waals surface area contributed by atoms with E-state index < -0.39 is 0 Å². The van der Waals surface area contributed by atoms with E-state index in [0.29, 0.717) is 11.3 Å². The van der Waals surface area contributed by atoms with Crippen molar-refractivity contribution in [3.05, 3.63) is 29.0 Å². The number of Topliss-reactive ketones (excluding diaryl/α,β-unsaturated/α-hetero) is 2. The van der Waals surface area contributed by atoms with Crippen LogP contribution in [0.3, 0.4) is 0 Å². The van der Waals surface area contributed by atoms with E-state index in [1.54, 1.807) is 19.2 Å². The smallest absolute Gasteiger partial charge is 0.161 e. The molecule has 0 bridgehead atoms. The Morgan fingerprint density at radius 1 is 1.31 bits per heavy atom. The minimum atomic E-state index is -0.0105. The Bertz CT molecular complexity index is 506. The van der Waals surface area contributed by atoms with Crippen molar-refractivity contribution in [2.24, 2.45) is 0 Å². The highest BCUT2D eigenvalue weighted by Gasteiger charge is 2.16. The second-order valence-corrected chi connectivity index (χ2v) is 4.65. The van der Waals surface area contributed by atoms with E-state index in [0.717, 1.165) is 16.2 Å². The summed E-state index contributed by atoms with van der Waals surface area (Å²) >= 11 is 1.53. The van der Waals surface area contributed by atoms with Crippen LogP contribution in [0.5, 0.6) is 0 Å². The van der Waals surface area contributed by atoms with Gasteiger partial charge in [-0.05, 0) is 26.0 Å². The molecule has 3 nitrogen and oxygen atoms in total. The Labute approximate surface area is 98.0 Å². The molecule has 0 N–H and O–H groups in total. The monoisotopic (exact) mass is 233 g/mol. The number of ketones is 2. The van der Waals surface area contributed by atoms with Gasteiger partial charge >= 0.3 is 0 Å². The molecular formula is C12H11NO2S. The van der Waals surface area contributed by atoms with Crippen LogP contribution < -0.4 is 0 Å². The van der Waals surface area contributed by atoms with E-state index in [1.807, 2.05) is 6.08 Å². The first-order valence-electron chi connectivity index (χ1n) is 4.93. The number of aromatic nitrogens is 1. The predicted molar refractivity (Wildman–Crippen MR) is 63.6 cm³/mol. The maximum absolute atomic E-state index is 11.3. The van der Waals surface area contributed by atoms with Crippen molar-refractivity contribution in [3.8, 4) is 0 Å². The van der Waals surface area contributed by atoms with Crippen LogP contribution in [0.1, 0.15) is 29.8 Å². The lowest BCUT2D eigenvalue weighted by Gasteiger charge is -2.13. The Kier molecular flexibility index (Phi) is 2.92. The van der Waals surface area contributed by atoms with Crippen molar-refractivity contribution in [1.29, 1.82) is 0 Å². The predicted octanol–water partition coefficient (Wildman–Crippen LogP) is 2.36. The molecule has 4 heteroatoms. The summed E-state index contributed by atoms with van der Waals surface area (Å²) < 4.78 is 0. The summed E-state index contributed by atoms with van der Waals surface area (Å²) in [6, 6.07) is 1.79. The first kappa shape index (κ1) is 11.1. The lowest BCUT2D eigenvalue weighted by atomic mass is 10.1. The number of rotatable bonds is 2. The number of fused-ring (bicyclic) bond motifs is 1. The van der Waals surface area contributed by atoms with Gasteiger partial charge in [-0.2, -0.15) is 0 Å². The first-order chi connectivity index (χ1) is 7.58. The summed E-state index contributed by atoms with van der Waals surface area (Å²) in [6.45, 7) is 3.06. The molecule has 2 heterocycles. The number of nitrogens with zero attached hydrogens (tertiary/aromatic N) is 1. The van der Waals surface area contributed by atoms with E-state index in [1.165, 1.54) is 18.7 Å². The van der Waals surface area contributed by atoms with Gasteiger partial charge in [-0.15, -0.1) is 11.8 Å². The van der Waals surface area contributed by atoms with Crippen molar-refractivity contribution in [2.75, 3.05) is 5.75 Å².